The van der Waals surface area contributed by atoms with Crippen LogP contribution in [0.5, 0.6) is 0 Å². The summed E-state index contributed by atoms with van der Waals surface area (Å²) in [5, 5.41) is 2.80. The smallest absolute Gasteiger partial charge is 0.251 e. The molecule has 1 fully saturated rings. The number of amides is 1. The van der Waals surface area contributed by atoms with Gasteiger partial charge >= 0.3 is 0 Å². The Kier molecular flexibility index (Phi) is 8.36. The Morgan fingerprint density at radius 3 is 2.74 bits per heavy atom. The lowest BCUT2D eigenvalue weighted by Gasteiger charge is -2.31. The van der Waals surface area contributed by atoms with Gasteiger partial charge in [0.05, 0.1) is 6.54 Å². The second-order valence-electron chi connectivity index (χ2n) is 5.90. The molecule has 5 nitrogen and oxygen atoms in total. The average molecular weight is 430 g/mol. The third kappa shape index (κ3) is 6.01. The molecule has 3 N–H and O–H groups in total. The zero-order chi connectivity index (χ0) is 15.9. The highest BCUT2D eigenvalue weighted by Gasteiger charge is 2.16. The van der Waals surface area contributed by atoms with Gasteiger partial charge in [0.25, 0.3) is 5.91 Å². The predicted octanol–water partition coefficient (Wildman–Crippen LogP) is 2.60. The minimum Gasteiger partial charge on any atom is -0.370 e. The quantitative estimate of drug-likeness (QED) is 0.438. The van der Waals surface area contributed by atoms with E-state index in [2.05, 4.69) is 22.1 Å². The van der Waals surface area contributed by atoms with E-state index in [9.17, 15) is 4.79 Å². The molecule has 1 aromatic rings. The average Bonchev–Trinajstić information content (AvgIpc) is 2.54. The van der Waals surface area contributed by atoms with Crippen molar-refractivity contribution in [2.24, 2.45) is 16.6 Å². The van der Waals surface area contributed by atoms with Crippen molar-refractivity contribution in [1.29, 1.82) is 0 Å². The number of likely N-dealkylation sites (tertiary alicyclic amines) is 1. The SMILES string of the molecule is CCNC(=O)c1cccc(CN=C(N)N2CCC(C)CC2)c1.I. The molecule has 1 aliphatic heterocycles. The summed E-state index contributed by atoms with van der Waals surface area (Å²) in [5.41, 5.74) is 7.75. The number of aliphatic imine (C=N–C) groups is 1. The van der Waals surface area contributed by atoms with Crippen molar-refractivity contribution < 1.29 is 4.79 Å². The first-order valence-corrected chi connectivity index (χ1v) is 8.02. The highest BCUT2D eigenvalue weighted by Crippen LogP contribution is 2.15. The van der Waals surface area contributed by atoms with Crippen molar-refractivity contribution in [3.8, 4) is 0 Å². The number of nitrogens with two attached hydrogens (primary N) is 1. The standard InChI is InChI=1S/C17H26N4O.HI/c1-3-19-16(22)15-6-4-5-14(11-15)12-20-17(18)21-9-7-13(2)8-10-21;/h4-6,11,13H,3,7-10,12H2,1-2H3,(H2,18,20)(H,19,22);1H. The molecular weight excluding hydrogens is 403 g/mol. The van der Waals surface area contributed by atoms with Crippen molar-refractivity contribution in [3.05, 3.63) is 35.4 Å². The van der Waals surface area contributed by atoms with Crippen molar-refractivity contribution in [2.75, 3.05) is 19.6 Å². The van der Waals surface area contributed by atoms with Gasteiger partial charge in [0, 0.05) is 25.2 Å². The summed E-state index contributed by atoms with van der Waals surface area (Å²) in [5.74, 6) is 1.33. The Hall–Kier alpha value is -1.31. The third-order valence-corrected chi connectivity index (χ3v) is 4.06. The molecule has 0 radical (unpaired) electrons. The molecule has 2 rings (SSSR count). The number of rotatable bonds is 4. The van der Waals surface area contributed by atoms with Gasteiger partial charge < -0.3 is 16.0 Å². The van der Waals surface area contributed by atoms with Crippen LogP contribution in [0.1, 0.15) is 42.6 Å². The van der Waals surface area contributed by atoms with Crippen LogP contribution in [-0.2, 0) is 6.54 Å². The van der Waals surface area contributed by atoms with E-state index in [1.807, 2.05) is 31.2 Å². The van der Waals surface area contributed by atoms with Crippen LogP contribution in [0.15, 0.2) is 29.3 Å². The predicted molar refractivity (Wildman–Crippen MR) is 105 cm³/mol. The number of nitrogens with zero attached hydrogens (tertiary/aromatic N) is 2. The molecule has 0 aliphatic carbocycles. The van der Waals surface area contributed by atoms with E-state index in [0.717, 1.165) is 24.6 Å². The fourth-order valence-corrected chi connectivity index (χ4v) is 2.58. The van der Waals surface area contributed by atoms with E-state index in [4.69, 9.17) is 5.73 Å². The molecule has 0 spiro atoms. The van der Waals surface area contributed by atoms with Crippen molar-refractivity contribution >= 4 is 35.8 Å². The van der Waals surface area contributed by atoms with E-state index in [-0.39, 0.29) is 29.9 Å². The van der Waals surface area contributed by atoms with Gasteiger partial charge in [-0.3, -0.25) is 4.79 Å². The Morgan fingerprint density at radius 2 is 2.09 bits per heavy atom. The van der Waals surface area contributed by atoms with Crippen LogP contribution in [0.3, 0.4) is 0 Å². The highest BCUT2D eigenvalue weighted by molar-refractivity contribution is 14.0. The first kappa shape index (κ1) is 19.7. The number of halogens is 1. The van der Waals surface area contributed by atoms with Gasteiger partial charge in [-0.1, -0.05) is 19.1 Å². The van der Waals surface area contributed by atoms with Crippen LogP contribution in [0, 0.1) is 5.92 Å². The number of piperidine rings is 1. The molecule has 128 valence electrons. The van der Waals surface area contributed by atoms with E-state index in [1.54, 1.807) is 0 Å². The number of nitrogens with one attached hydrogen (secondary N) is 1. The van der Waals surface area contributed by atoms with Gasteiger partial charge in [-0.2, -0.15) is 0 Å². The zero-order valence-corrected chi connectivity index (χ0v) is 16.2. The van der Waals surface area contributed by atoms with Gasteiger partial charge in [-0.15, -0.1) is 24.0 Å². The monoisotopic (exact) mass is 430 g/mol. The fourth-order valence-electron chi connectivity index (χ4n) is 2.58. The van der Waals surface area contributed by atoms with Gasteiger partial charge in [0.2, 0.25) is 0 Å². The lowest BCUT2D eigenvalue weighted by molar-refractivity contribution is 0.0955. The molecular formula is C17H27IN4O. The summed E-state index contributed by atoms with van der Waals surface area (Å²) in [6.07, 6.45) is 2.34. The first-order valence-electron chi connectivity index (χ1n) is 8.02. The van der Waals surface area contributed by atoms with Gasteiger partial charge in [-0.05, 0) is 43.4 Å². The van der Waals surface area contributed by atoms with Crippen molar-refractivity contribution in [2.45, 2.75) is 33.2 Å². The minimum absolute atomic E-state index is 0. The van der Waals surface area contributed by atoms with Gasteiger partial charge in [0.1, 0.15) is 0 Å². The molecule has 6 heteroatoms. The van der Waals surface area contributed by atoms with Crippen LogP contribution < -0.4 is 11.1 Å². The van der Waals surface area contributed by atoms with Crippen LogP contribution in [0.4, 0.5) is 0 Å². The highest BCUT2D eigenvalue weighted by atomic mass is 127. The third-order valence-electron chi connectivity index (χ3n) is 4.06. The number of hydrogen-bond donors (Lipinski definition) is 2. The zero-order valence-electron chi connectivity index (χ0n) is 13.9. The Balaban J connectivity index is 0.00000264. The second kappa shape index (κ2) is 9.75. The Morgan fingerprint density at radius 1 is 1.39 bits per heavy atom. The summed E-state index contributed by atoms with van der Waals surface area (Å²) >= 11 is 0. The van der Waals surface area contributed by atoms with Gasteiger partial charge in [-0.25, -0.2) is 4.99 Å². The van der Waals surface area contributed by atoms with E-state index in [1.165, 1.54) is 12.8 Å². The molecule has 23 heavy (non-hydrogen) atoms. The maximum atomic E-state index is 11.8. The molecule has 0 saturated carbocycles. The molecule has 1 aromatic carbocycles. The topological polar surface area (TPSA) is 70.7 Å². The number of carbonyl (C=O) groups excluding carboxylic acids is 1. The Labute approximate surface area is 155 Å². The molecule has 0 aromatic heterocycles. The van der Waals surface area contributed by atoms with E-state index < -0.39 is 0 Å². The van der Waals surface area contributed by atoms with Crippen molar-refractivity contribution in [3.63, 3.8) is 0 Å². The van der Waals surface area contributed by atoms with Crippen LogP contribution in [0.25, 0.3) is 0 Å². The molecule has 0 unspecified atom stereocenters. The summed E-state index contributed by atoms with van der Waals surface area (Å²) < 4.78 is 0. The van der Waals surface area contributed by atoms with Crippen LogP contribution in [-0.4, -0.2) is 36.4 Å². The largest absolute Gasteiger partial charge is 0.370 e. The number of guanidine groups is 1. The maximum absolute atomic E-state index is 11.8. The summed E-state index contributed by atoms with van der Waals surface area (Å²) in [6.45, 7) is 7.28. The molecule has 1 amide bonds. The molecule has 1 heterocycles. The minimum atomic E-state index is -0.0497. The molecule has 1 aliphatic rings. The fraction of sp³-hybridized carbons (Fsp3) is 0.529. The molecule has 0 bridgehead atoms. The van der Waals surface area contributed by atoms with E-state index >= 15 is 0 Å². The Bertz CT molecular complexity index is 539. The maximum Gasteiger partial charge on any atom is 0.251 e. The van der Waals surface area contributed by atoms with Gasteiger partial charge in [0.15, 0.2) is 5.96 Å². The lowest BCUT2D eigenvalue weighted by Crippen LogP contribution is -2.42. The van der Waals surface area contributed by atoms with Crippen molar-refractivity contribution in [1.82, 2.24) is 10.2 Å². The van der Waals surface area contributed by atoms with Crippen LogP contribution in [0.2, 0.25) is 0 Å². The van der Waals surface area contributed by atoms with E-state index in [0.29, 0.717) is 24.6 Å². The first-order chi connectivity index (χ1) is 10.6. The molecule has 0 atom stereocenters. The number of carbonyl (C=O) groups is 1. The van der Waals surface area contributed by atoms with Crippen LogP contribution >= 0.6 is 24.0 Å². The lowest BCUT2D eigenvalue weighted by atomic mass is 10.00. The summed E-state index contributed by atoms with van der Waals surface area (Å²) in [4.78, 5) is 18.5. The number of hydrogen-bond acceptors (Lipinski definition) is 2. The molecule has 1 saturated heterocycles. The number of benzene rings is 1. The second-order valence-corrected chi connectivity index (χ2v) is 5.90. The normalized spacial score (nSPS) is 15.9. The summed E-state index contributed by atoms with van der Waals surface area (Å²) in [6, 6.07) is 7.54. The summed E-state index contributed by atoms with van der Waals surface area (Å²) in [7, 11) is 0.